The number of nitrogens with zero attached hydrogens (tertiary/aromatic N) is 1. The van der Waals surface area contributed by atoms with E-state index in [4.69, 9.17) is 14.2 Å². The number of carbonyl (C=O) groups excluding carboxylic acids is 2. The van der Waals surface area contributed by atoms with Crippen LogP contribution in [0.1, 0.15) is 37.6 Å². The van der Waals surface area contributed by atoms with Gasteiger partial charge in [0.05, 0.1) is 0 Å². The lowest BCUT2D eigenvalue weighted by molar-refractivity contribution is 0.0520. The van der Waals surface area contributed by atoms with Gasteiger partial charge in [-0.1, -0.05) is 0 Å². The van der Waals surface area contributed by atoms with Crippen LogP contribution in [0.2, 0.25) is 0 Å². The lowest BCUT2D eigenvalue weighted by Gasteiger charge is -2.21. The van der Waals surface area contributed by atoms with Crippen molar-refractivity contribution in [3.8, 4) is 11.5 Å². The molecular weight excluding hydrogens is 336 g/mol. The molecule has 0 aliphatic carbocycles. The second kappa shape index (κ2) is 7.43. The summed E-state index contributed by atoms with van der Waals surface area (Å²) in [6.45, 7) is 8.30. The molecule has 0 aromatic heterocycles. The molecule has 2 aliphatic rings. The topological polar surface area (TPSA) is 77.1 Å². The van der Waals surface area contributed by atoms with Gasteiger partial charge in [0.2, 0.25) is 0 Å². The number of hydrogen-bond acceptors (Lipinski definition) is 5. The maximum Gasteiger partial charge on any atom is 0.407 e. The van der Waals surface area contributed by atoms with Gasteiger partial charge in [0.15, 0.2) is 11.5 Å². The number of amides is 2. The van der Waals surface area contributed by atoms with Gasteiger partial charge in [-0.3, -0.25) is 4.79 Å². The van der Waals surface area contributed by atoms with Crippen LogP contribution in [-0.4, -0.2) is 55.3 Å². The van der Waals surface area contributed by atoms with Gasteiger partial charge in [-0.05, 0) is 51.3 Å². The molecule has 0 spiro atoms. The molecule has 142 valence electrons. The first-order chi connectivity index (χ1) is 12.3. The first-order valence-corrected chi connectivity index (χ1v) is 8.97. The Morgan fingerprint density at radius 2 is 1.96 bits per heavy atom. The van der Waals surface area contributed by atoms with Crippen molar-refractivity contribution in [3.05, 3.63) is 23.8 Å². The fourth-order valence-electron chi connectivity index (χ4n) is 3.08. The van der Waals surface area contributed by atoms with Gasteiger partial charge in [-0.15, -0.1) is 0 Å². The smallest absolute Gasteiger partial charge is 0.407 e. The highest BCUT2D eigenvalue weighted by Gasteiger charge is 2.28. The van der Waals surface area contributed by atoms with E-state index >= 15 is 0 Å². The molecule has 1 aromatic rings. The van der Waals surface area contributed by atoms with Crippen LogP contribution < -0.4 is 14.8 Å². The third kappa shape index (κ3) is 4.59. The fourth-order valence-corrected chi connectivity index (χ4v) is 3.08. The number of ether oxygens (including phenoxy) is 3. The highest BCUT2D eigenvalue weighted by molar-refractivity contribution is 5.95. The maximum atomic E-state index is 12.7. The van der Waals surface area contributed by atoms with E-state index in [9.17, 15) is 9.59 Å². The fraction of sp³-hybridized carbons (Fsp3) is 0.579. The Bertz CT molecular complexity index is 683. The van der Waals surface area contributed by atoms with E-state index in [1.165, 1.54) is 0 Å². The van der Waals surface area contributed by atoms with E-state index in [0.717, 1.165) is 6.42 Å². The number of alkyl carbamates (subject to hydrolysis) is 1. The van der Waals surface area contributed by atoms with Crippen LogP contribution in [0.15, 0.2) is 18.2 Å². The van der Waals surface area contributed by atoms with Crippen molar-refractivity contribution in [2.24, 2.45) is 5.92 Å². The zero-order valence-corrected chi connectivity index (χ0v) is 15.5. The molecular formula is C19H26N2O5. The van der Waals surface area contributed by atoms with E-state index < -0.39 is 11.7 Å². The molecule has 0 saturated carbocycles. The maximum absolute atomic E-state index is 12.7. The van der Waals surface area contributed by atoms with Gasteiger partial charge >= 0.3 is 6.09 Å². The molecule has 26 heavy (non-hydrogen) atoms. The Morgan fingerprint density at radius 3 is 2.69 bits per heavy atom. The summed E-state index contributed by atoms with van der Waals surface area (Å²) in [5, 5.41) is 2.79. The highest BCUT2D eigenvalue weighted by Crippen LogP contribution is 2.31. The van der Waals surface area contributed by atoms with Crippen LogP contribution in [-0.2, 0) is 4.74 Å². The lowest BCUT2D eigenvalue weighted by atomic mass is 10.1. The SMILES string of the molecule is CC(C)(C)OC(=O)NC[C@H]1CCN(C(=O)c2ccc3c(c2)OCCO3)C1. The number of carbonyl (C=O) groups is 2. The number of hydrogen-bond donors (Lipinski definition) is 1. The Labute approximate surface area is 153 Å². The number of nitrogens with one attached hydrogen (secondary N) is 1. The van der Waals surface area contributed by atoms with Crippen LogP contribution in [0.5, 0.6) is 11.5 Å². The van der Waals surface area contributed by atoms with Gasteiger partial charge in [-0.2, -0.15) is 0 Å². The van der Waals surface area contributed by atoms with Crippen molar-refractivity contribution < 1.29 is 23.8 Å². The minimum atomic E-state index is -0.514. The molecule has 2 heterocycles. The molecule has 0 radical (unpaired) electrons. The predicted octanol–water partition coefficient (Wildman–Crippen LogP) is 2.44. The summed E-state index contributed by atoms with van der Waals surface area (Å²) in [5.74, 6) is 1.49. The van der Waals surface area contributed by atoms with Crippen LogP contribution in [0.3, 0.4) is 0 Å². The quantitative estimate of drug-likeness (QED) is 0.894. The van der Waals surface area contributed by atoms with Crippen molar-refractivity contribution in [2.45, 2.75) is 32.8 Å². The van der Waals surface area contributed by atoms with Crippen molar-refractivity contribution in [1.29, 1.82) is 0 Å². The average Bonchev–Trinajstić information content (AvgIpc) is 3.06. The third-order valence-electron chi connectivity index (χ3n) is 4.30. The summed E-state index contributed by atoms with van der Waals surface area (Å²) in [6.07, 6.45) is 0.431. The second-order valence-corrected chi connectivity index (χ2v) is 7.65. The van der Waals surface area contributed by atoms with Gasteiger partial charge < -0.3 is 24.4 Å². The zero-order valence-electron chi connectivity index (χ0n) is 15.5. The minimum absolute atomic E-state index is 0.0262. The highest BCUT2D eigenvalue weighted by atomic mass is 16.6. The van der Waals surface area contributed by atoms with E-state index in [1.807, 2.05) is 25.7 Å². The molecule has 2 aliphatic heterocycles. The molecule has 0 bridgehead atoms. The number of benzene rings is 1. The minimum Gasteiger partial charge on any atom is -0.486 e. The van der Waals surface area contributed by atoms with Gasteiger partial charge in [0.25, 0.3) is 5.91 Å². The molecule has 7 nitrogen and oxygen atoms in total. The van der Waals surface area contributed by atoms with Crippen molar-refractivity contribution in [3.63, 3.8) is 0 Å². The Kier molecular flexibility index (Phi) is 5.25. The van der Waals surface area contributed by atoms with E-state index in [0.29, 0.717) is 49.9 Å². The number of fused-ring (bicyclic) bond motifs is 1. The standard InChI is InChI=1S/C19H26N2O5/c1-19(2,3)26-18(23)20-11-13-6-7-21(12-13)17(22)14-4-5-15-16(10-14)25-9-8-24-15/h4-5,10,13H,6-9,11-12H2,1-3H3,(H,20,23)/t13-/m1/s1. The van der Waals surface area contributed by atoms with Crippen LogP contribution >= 0.6 is 0 Å². The van der Waals surface area contributed by atoms with E-state index in [2.05, 4.69) is 5.32 Å². The summed E-state index contributed by atoms with van der Waals surface area (Å²) in [7, 11) is 0. The molecule has 7 heteroatoms. The van der Waals surface area contributed by atoms with Crippen LogP contribution in [0.4, 0.5) is 4.79 Å². The third-order valence-corrected chi connectivity index (χ3v) is 4.30. The molecule has 1 atom stereocenters. The monoisotopic (exact) mass is 362 g/mol. The normalized spacial score (nSPS) is 19.2. The molecule has 1 aromatic carbocycles. The Morgan fingerprint density at radius 1 is 1.23 bits per heavy atom. The predicted molar refractivity (Wildman–Crippen MR) is 95.7 cm³/mol. The van der Waals surface area contributed by atoms with Crippen molar-refractivity contribution >= 4 is 12.0 Å². The Balaban J connectivity index is 1.52. The molecule has 0 unspecified atom stereocenters. The first-order valence-electron chi connectivity index (χ1n) is 8.97. The summed E-state index contributed by atoms with van der Waals surface area (Å²) >= 11 is 0. The van der Waals surface area contributed by atoms with Crippen LogP contribution in [0.25, 0.3) is 0 Å². The number of rotatable bonds is 3. The van der Waals surface area contributed by atoms with E-state index in [-0.39, 0.29) is 11.8 Å². The molecule has 1 fully saturated rings. The van der Waals surface area contributed by atoms with Crippen LogP contribution in [0, 0.1) is 5.92 Å². The van der Waals surface area contributed by atoms with Gasteiger partial charge in [0.1, 0.15) is 18.8 Å². The second-order valence-electron chi connectivity index (χ2n) is 7.65. The van der Waals surface area contributed by atoms with Crippen molar-refractivity contribution in [1.82, 2.24) is 10.2 Å². The molecule has 2 amide bonds. The Hall–Kier alpha value is -2.44. The summed E-state index contributed by atoms with van der Waals surface area (Å²) in [4.78, 5) is 26.3. The summed E-state index contributed by atoms with van der Waals surface area (Å²) < 4.78 is 16.3. The summed E-state index contributed by atoms with van der Waals surface area (Å²) in [5.41, 5.74) is 0.0787. The molecule has 3 rings (SSSR count). The lowest BCUT2D eigenvalue weighted by Crippen LogP contribution is -2.36. The molecule has 1 saturated heterocycles. The molecule has 1 N–H and O–H groups in total. The first kappa shape index (κ1) is 18.4. The largest absolute Gasteiger partial charge is 0.486 e. The average molecular weight is 362 g/mol. The zero-order chi connectivity index (χ0) is 18.7. The van der Waals surface area contributed by atoms with Gasteiger partial charge in [0, 0.05) is 25.2 Å². The van der Waals surface area contributed by atoms with E-state index in [1.54, 1.807) is 18.2 Å². The van der Waals surface area contributed by atoms with Crippen molar-refractivity contribution in [2.75, 3.05) is 32.8 Å². The van der Waals surface area contributed by atoms with Gasteiger partial charge in [-0.25, -0.2) is 4.79 Å². The summed E-state index contributed by atoms with van der Waals surface area (Å²) in [6, 6.07) is 5.28. The number of likely N-dealkylation sites (tertiary alicyclic amines) is 1.